The molecular weight excluding hydrogens is 316 g/mol. The van der Waals surface area contributed by atoms with E-state index in [4.69, 9.17) is 4.74 Å². The van der Waals surface area contributed by atoms with Crippen LogP contribution in [0.1, 0.15) is 24.5 Å². The van der Waals surface area contributed by atoms with Crippen LogP contribution in [0.15, 0.2) is 48.5 Å². The molecule has 5 nitrogen and oxygen atoms in total. The van der Waals surface area contributed by atoms with Crippen LogP contribution < -0.4 is 15.0 Å². The molecule has 0 fully saturated rings. The van der Waals surface area contributed by atoms with Crippen LogP contribution >= 0.6 is 0 Å². The van der Waals surface area contributed by atoms with E-state index in [-0.39, 0.29) is 18.2 Å². The third-order valence-corrected chi connectivity index (χ3v) is 4.25. The summed E-state index contributed by atoms with van der Waals surface area (Å²) in [4.78, 5) is 26.2. The molecule has 1 N–H and O–H groups in total. The highest BCUT2D eigenvalue weighted by Crippen LogP contribution is 2.33. The quantitative estimate of drug-likeness (QED) is 0.912. The van der Waals surface area contributed by atoms with E-state index in [0.717, 1.165) is 11.3 Å². The second kappa shape index (κ2) is 7.38. The third-order valence-electron chi connectivity index (χ3n) is 4.25. The SMILES string of the molecule is Cc1ccc(CNC(=O)CCN2C(=O)C(C)Oc3ccccc32)cc1. The van der Waals surface area contributed by atoms with Crippen molar-refractivity contribution in [1.29, 1.82) is 0 Å². The number of aryl methyl sites for hydroxylation is 1. The van der Waals surface area contributed by atoms with Crippen LogP contribution in [0.5, 0.6) is 5.75 Å². The Morgan fingerprint density at radius 3 is 2.64 bits per heavy atom. The number of benzene rings is 2. The van der Waals surface area contributed by atoms with Crippen molar-refractivity contribution in [2.45, 2.75) is 32.9 Å². The topological polar surface area (TPSA) is 58.6 Å². The monoisotopic (exact) mass is 338 g/mol. The van der Waals surface area contributed by atoms with E-state index in [2.05, 4.69) is 5.32 Å². The number of nitrogens with zero attached hydrogens (tertiary/aromatic N) is 1. The zero-order valence-electron chi connectivity index (χ0n) is 14.5. The molecule has 0 bridgehead atoms. The second-order valence-electron chi connectivity index (χ2n) is 6.23. The van der Waals surface area contributed by atoms with Crippen molar-refractivity contribution in [2.75, 3.05) is 11.4 Å². The van der Waals surface area contributed by atoms with E-state index in [0.29, 0.717) is 18.8 Å². The molecule has 25 heavy (non-hydrogen) atoms. The molecule has 1 heterocycles. The minimum Gasteiger partial charge on any atom is -0.479 e. The lowest BCUT2D eigenvalue weighted by molar-refractivity contribution is -0.125. The van der Waals surface area contributed by atoms with Gasteiger partial charge in [0.25, 0.3) is 5.91 Å². The van der Waals surface area contributed by atoms with Gasteiger partial charge in [-0.15, -0.1) is 0 Å². The maximum atomic E-state index is 12.4. The number of nitrogens with one attached hydrogen (secondary N) is 1. The van der Waals surface area contributed by atoms with E-state index in [1.54, 1.807) is 11.8 Å². The normalized spacial score (nSPS) is 16.2. The number of para-hydroxylation sites is 2. The highest BCUT2D eigenvalue weighted by atomic mass is 16.5. The molecule has 1 unspecified atom stereocenters. The molecule has 2 amide bonds. The van der Waals surface area contributed by atoms with Gasteiger partial charge in [0, 0.05) is 19.5 Å². The molecule has 0 saturated heterocycles. The fraction of sp³-hybridized carbons (Fsp3) is 0.300. The number of fused-ring (bicyclic) bond motifs is 1. The number of carbonyl (C=O) groups is 2. The van der Waals surface area contributed by atoms with Crippen LogP contribution in [0.4, 0.5) is 5.69 Å². The molecule has 0 spiro atoms. The Morgan fingerprint density at radius 1 is 1.16 bits per heavy atom. The third kappa shape index (κ3) is 3.99. The summed E-state index contributed by atoms with van der Waals surface area (Å²) in [6.07, 6.45) is -0.288. The van der Waals surface area contributed by atoms with Crippen molar-refractivity contribution in [2.24, 2.45) is 0 Å². The minimum absolute atomic E-state index is 0.0787. The minimum atomic E-state index is -0.537. The van der Waals surface area contributed by atoms with Crippen molar-refractivity contribution >= 4 is 17.5 Å². The number of hydrogen-bond donors (Lipinski definition) is 1. The number of amides is 2. The van der Waals surface area contributed by atoms with Gasteiger partial charge in [-0.25, -0.2) is 0 Å². The standard InChI is InChI=1S/C20H22N2O3/c1-14-7-9-16(10-8-14)13-21-19(23)11-12-22-17-5-3-4-6-18(17)25-15(2)20(22)24/h3-10,15H,11-13H2,1-2H3,(H,21,23). The van der Waals surface area contributed by atoms with Crippen LogP contribution in [0.25, 0.3) is 0 Å². The average Bonchev–Trinajstić information content (AvgIpc) is 2.61. The lowest BCUT2D eigenvalue weighted by Gasteiger charge is -2.32. The van der Waals surface area contributed by atoms with E-state index in [9.17, 15) is 9.59 Å². The van der Waals surface area contributed by atoms with Gasteiger partial charge in [0.2, 0.25) is 5.91 Å². The first-order valence-corrected chi connectivity index (χ1v) is 8.44. The lowest BCUT2D eigenvalue weighted by Crippen LogP contribution is -2.45. The molecule has 1 atom stereocenters. The second-order valence-corrected chi connectivity index (χ2v) is 6.23. The number of carbonyl (C=O) groups excluding carboxylic acids is 2. The molecule has 0 aromatic heterocycles. The highest BCUT2D eigenvalue weighted by molar-refractivity contribution is 6.00. The molecule has 0 aliphatic carbocycles. The predicted molar refractivity (Wildman–Crippen MR) is 96.5 cm³/mol. The molecule has 5 heteroatoms. The highest BCUT2D eigenvalue weighted by Gasteiger charge is 2.31. The fourth-order valence-corrected chi connectivity index (χ4v) is 2.80. The van der Waals surface area contributed by atoms with Gasteiger partial charge in [-0.2, -0.15) is 0 Å². The molecule has 0 saturated carbocycles. The fourth-order valence-electron chi connectivity index (χ4n) is 2.80. The molecule has 0 radical (unpaired) electrons. The molecule has 1 aliphatic heterocycles. The summed E-state index contributed by atoms with van der Waals surface area (Å²) >= 11 is 0. The first-order chi connectivity index (χ1) is 12.0. The number of ether oxygens (including phenoxy) is 1. The first kappa shape index (κ1) is 17.0. The predicted octanol–water partition coefficient (Wildman–Crippen LogP) is 2.82. The maximum absolute atomic E-state index is 12.4. The summed E-state index contributed by atoms with van der Waals surface area (Å²) in [6, 6.07) is 15.4. The van der Waals surface area contributed by atoms with Crippen molar-refractivity contribution in [3.63, 3.8) is 0 Å². The van der Waals surface area contributed by atoms with Gasteiger partial charge in [0.05, 0.1) is 5.69 Å². The summed E-state index contributed by atoms with van der Waals surface area (Å²) in [5, 5.41) is 2.90. The Balaban J connectivity index is 1.58. The summed E-state index contributed by atoms with van der Waals surface area (Å²) < 4.78 is 5.60. The zero-order chi connectivity index (χ0) is 17.8. The van der Waals surface area contributed by atoms with Gasteiger partial charge in [0.1, 0.15) is 5.75 Å². The molecule has 1 aliphatic rings. The largest absolute Gasteiger partial charge is 0.479 e. The lowest BCUT2D eigenvalue weighted by atomic mass is 10.1. The van der Waals surface area contributed by atoms with Gasteiger partial charge in [-0.1, -0.05) is 42.0 Å². The van der Waals surface area contributed by atoms with Crippen molar-refractivity contribution in [3.05, 3.63) is 59.7 Å². The summed E-state index contributed by atoms with van der Waals surface area (Å²) in [5.74, 6) is 0.477. The van der Waals surface area contributed by atoms with Crippen molar-refractivity contribution in [3.8, 4) is 5.75 Å². The van der Waals surface area contributed by atoms with Gasteiger partial charge >= 0.3 is 0 Å². The van der Waals surface area contributed by atoms with Crippen LogP contribution in [0.2, 0.25) is 0 Å². The molecule has 2 aromatic rings. The van der Waals surface area contributed by atoms with E-state index in [1.807, 2.05) is 55.5 Å². The summed E-state index contributed by atoms with van der Waals surface area (Å²) in [7, 11) is 0. The van der Waals surface area contributed by atoms with Crippen LogP contribution in [-0.2, 0) is 16.1 Å². The van der Waals surface area contributed by atoms with Gasteiger partial charge < -0.3 is 15.0 Å². The van der Waals surface area contributed by atoms with Crippen LogP contribution in [-0.4, -0.2) is 24.5 Å². The molecule has 130 valence electrons. The number of hydrogen-bond acceptors (Lipinski definition) is 3. The van der Waals surface area contributed by atoms with Crippen molar-refractivity contribution in [1.82, 2.24) is 5.32 Å². The Labute approximate surface area is 147 Å². The van der Waals surface area contributed by atoms with Crippen LogP contribution in [0, 0.1) is 6.92 Å². The molecule has 2 aromatic carbocycles. The number of rotatable bonds is 5. The zero-order valence-corrected chi connectivity index (χ0v) is 14.5. The van der Waals surface area contributed by atoms with Gasteiger partial charge in [-0.05, 0) is 31.5 Å². The van der Waals surface area contributed by atoms with Gasteiger partial charge in [-0.3, -0.25) is 9.59 Å². The molecular formula is C20H22N2O3. The number of anilines is 1. The Kier molecular flexibility index (Phi) is 5.03. The first-order valence-electron chi connectivity index (χ1n) is 8.44. The van der Waals surface area contributed by atoms with E-state index >= 15 is 0 Å². The average molecular weight is 338 g/mol. The smallest absolute Gasteiger partial charge is 0.267 e. The van der Waals surface area contributed by atoms with E-state index in [1.165, 1.54) is 5.56 Å². The van der Waals surface area contributed by atoms with E-state index < -0.39 is 6.10 Å². The summed E-state index contributed by atoms with van der Waals surface area (Å²) in [5.41, 5.74) is 2.96. The summed E-state index contributed by atoms with van der Waals surface area (Å²) in [6.45, 7) is 4.58. The Bertz CT molecular complexity index is 771. The Morgan fingerprint density at radius 2 is 1.88 bits per heavy atom. The Hall–Kier alpha value is -2.82. The molecule has 3 rings (SSSR count). The van der Waals surface area contributed by atoms with Crippen LogP contribution in [0.3, 0.4) is 0 Å². The van der Waals surface area contributed by atoms with Crippen molar-refractivity contribution < 1.29 is 14.3 Å². The maximum Gasteiger partial charge on any atom is 0.267 e. The van der Waals surface area contributed by atoms with Gasteiger partial charge in [0.15, 0.2) is 6.10 Å².